The fourth-order valence-corrected chi connectivity index (χ4v) is 3.04. The number of carboxylic acids is 1. The van der Waals surface area contributed by atoms with Crippen molar-refractivity contribution in [3.63, 3.8) is 0 Å². The van der Waals surface area contributed by atoms with Crippen LogP contribution >= 0.6 is 0 Å². The monoisotopic (exact) mass is 418 g/mol. The van der Waals surface area contributed by atoms with Gasteiger partial charge in [-0.15, -0.1) is 6.42 Å². The first kappa shape index (κ1) is 21.7. The molecule has 0 saturated heterocycles. The number of carboxylic acid groups (broad SMARTS) is 1. The van der Waals surface area contributed by atoms with Gasteiger partial charge >= 0.3 is 5.97 Å². The lowest BCUT2D eigenvalue weighted by Gasteiger charge is -2.12. The lowest BCUT2D eigenvalue weighted by Crippen LogP contribution is -2.25. The molecule has 0 aliphatic carbocycles. The maximum atomic E-state index is 12.9. The molecule has 3 rings (SSSR count). The number of aromatic nitrogens is 2. The molecular formula is C24H22N2O5. The molecule has 1 N–H and O–H groups in total. The maximum absolute atomic E-state index is 12.9. The quantitative estimate of drug-likeness (QED) is 0.535. The van der Waals surface area contributed by atoms with Gasteiger partial charge in [0.25, 0.3) is 5.56 Å². The first-order valence-corrected chi connectivity index (χ1v) is 9.76. The van der Waals surface area contributed by atoms with Crippen molar-refractivity contribution < 1.29 is 19.4 Å². The number of fused-ring (bicyclic) bond motifs is 1. The topological polar surface area (TPSA) is 90.7 Å². The SMILES string of the molecule is C#CCOc1ccc(/C=C/c2nc3ccccc3c(=O)n2CCC(=O)O)cc1OCC. The summed E-state index contributed by atoms with van der Waals surface area (Å²) in [5.74, 6) is 2.89. The summed E-state index contributed by atoms with van der Waals surface area (Å²) in [6, 6.07) is 12.4. The van der Waals surface area contributed by atoms with E-state index in [2.05, 4.69) is 10.9 Å². The number of hydrogen-bond donors (Lipinski definition) is 1. The van der Waals surface area contributed by atoms with Crippen LogP contribution < -0.4 is 15.0 Å². The molecule has 0 radical (unpaired) electrons. The number of terminal acetylenes is 1. The fourth-order valence-electron chi connectivity index (χ4n) is 3.04. The van der Waals surface area contributed by atoms with Crippen molar-refractivity contribution in [1.29, 1.82) is 0 Å². The Bertz CT molecular complexity index is 1220. The molecule has 0 atom stereocenters. The van der Waals surface area contributed by atoms with Crippen LogP contribution in [0.5, 0.6) is 11.5 Å². The zero-order valence-corrected chi connectivity index (χ0v) is 17.1. The van der Waals surface area contributed by atoms with Crippen molar-refractivity contribution in [3.05, 3.63) is 64.2 Å². The summed E-state index contributed by atoms with van der Waals surface area (Å²) in [6.45, 7) is 2.48. The number of hydrogen-bond acceptors (Lipinski definition) is 5. The van der Waals surface area contributed by atoms with E-state index in [4.69, 9.17) is 21.0 Å². The average molecular weight is 418 g/mol. The van der Waals surface area contributed by atoms with Crippen LogP contribution in [0.4, 0.5) is 0 Å². The second kappa shape index (κ2) is 10.1. The number of nitrogens with zero attached hydrogens (tertiary/aromatic N) is 2. The largest absolute Gasteiger partial charge is 0.490 e. The molecule has 1 aromatic heterocycles. The molecule has 0 amide bonds. The van der Waals surface area contributed by atoms with E-state index in [1.54, 1.807) is 48.6 Å². The van der Waals surface area contributed by atoms with Crippen LogP contribution in [0.15, 0.2) is 47.3 Å². The van der Waals surface area contributed by atoms with Crippen molar-refractivity contribution in [1.82, 2.24) is 9.55 Å². The van der Waals surface area contributed by atoms with Gasteiger partial charge in [-0.2, -0.15) is 0 Å². The van der Waals surface area contributed by atoms with E-state index in [0.717, 1.165) is 5.56 Å². The van der Waals surface area contributed by atoms with Crippen molar-refractivity contribution in [2.45, 2.75) is 19.9 Å². The lowest BCUT2D eigenvalue weighted by molar-refractivity contribution is -0.137. The number of ether oxygens (including phenoxy) is 2. The predicted molar refractivity (Wildman–Crippen MR) is 119 cm³/mol. The van der Waals surface area contributed by atoms with Gasteiger partial charge in [0.1, 0.15) is 12.4 Å². The Morgan fingerprint density at radius 3 is 2.74 bits per heavy atom. The fraction of sp³-hybridized carbons (Fsp3) is 0.208. The van der Waals surface area contributed by atoms with Gasteiger partial charge in [0.05, 0.1) is 23.9 Å². The van der Waals surface area contributed by atoms with E-state index >= 15 is 0 Å². The predicted octanol–water partition coefficient (Wildman–Crippen LogP) is 3.45. The number of rotatable bonds is 9. The summed E-state index contributed by atoms with van der Waals surface area (Å²) in [6.07, 6.45) is 8.53. The molecule has 1 heterocycles. The molecule has 0 aliphatic heterocycles. The molecule has 0 saturated carbocycles. The van der Waals surface area contributed by atoms with Crippen LogP contribution in [0.2, 0.25) is 0 Å². The number of aliphatic carboxylic acids is 1. The normalized spacial score (nSPS) is 10.8. The Hall–Kier alpha value is -4.05. The molecule has 158 valence electrons. The Kier molecular flexibility index (Phi) is 7.07. The molecule has 0 bridgehead atoms. The highest BCUT2D eigenvalue weighted by Gasteiger charge is 2.11. The highest BCUT2D eigenvalue weighted by atomic mass is 16.5. The van der Waals surface area contributed by atoms with Gasteiger partial charge in [-0.25, -0.2) is 4.98 Å². The highest BCUT2D eigenvalue weighted by molar-refractivity contribution is 5.79. The maximum Gasteiger partial charge on any atom is 0.305 e. The lowest BCUT2D eigenvalue weighted by atomic mass is 10.1. The molecule has 0 unspecified atom stereocenters. The van der Waals surface area contributed by atoms with Gasteiger partial charge < -0.3 is 14.6 Å². The van der Waals surface area contributed by atoms with Crippen LogP contribution in [0, 0.1) is 12.3 Å². The third-order valence-electron chi connectivity index (χ3n) is 4.44. The third kappa shape index (κ3) is 5.31. The van der Waals surface area contributed by atoms with E-state index < -0.39 is 5.97 Å². The number of carbonyl (C=O) groups is 1. The Morgan fingerprint density at radius 1 is 1.19 bits per heavy atom. The standard InChI is InChI=1S/C24H22N2O5/c1-3-15-31-20-11-9-17(16-21(20)30-4-2)10-12-22-25-19-8-6-5-7-18(19)24(29)26(22)14-13-23(27)28/h1,5-12,16H,4,13-15H2,2H3,(H,27,28)/b12-10+. The number of para-hydroxylation sites is 1. The third-order valence-corrected chi connectivity index (χ3v) is 4.44. The summed E-state index contributed by atoms with van der Waals surface area (Å²) in [5, 5.41) is 9.50. The first-order chi connectivity index (χ1) is 15.0. The summed E-state index contributed by atoms with van der Waals surface area (Å²) < 4.78 is 12.5. The van der Waals surface area contributed by atoms with Gasteiger partial charge in [-0.1, -0.05) is 30.2 Å². The molecular weight excluding hydrogens is 396 g/mol. The van der Waals surface area contributed by atoms with E-state index in [9.17, 15) is 9.59 Å². The molecule has 31 heavy (non-hydrogen) atoms. The van der Waals surface area contributed by atoms with Gasteiger partial charge in [0.15, 0.2) is 11.5 Å². The molecule has 0 fully saturated rings. The Labute approximate surface area is 179 Å². The first-order valence-electron chi connectivity index (χ1n) is 9.76. The Balaban J connectivity index is 2.00. The van der Waals surface area contributed by atoms with Gasteiger partial charge in [0, 0.05) is 6.54 Å². The zero-order valence-electron chi connectivity index (χ0n) is 17.1. The van der Waals surface area contributed by atoms with Crippen molar-refractivity contribution in [2.24, 2.45) is 0 Å². The van der Waals surface area contributed by atoms with E-state index in [0.29, 0.717) is 34.8 Å². The molecule has 0 aliphatic rings. The molecule has 3 aromatic rings. The molecule has 2 aromatic carbocycles. The summed E-state index contributed by atoms with van der Waals surface area (Å²) in [5.41, 5.74) is 1.06. The van der Waals surface area contributed by atoms with Gasteiger partial charge in [0.2, 0.25) is 0 Å². The van der Waals surface area contributed by atoms with Crippen molar-refractivity contribution >= 4 is 29.0 Å². The van der Waals surface area contributed by atoms with E-state index in [1.165, 1.54) is 4.57 Å². The Morgan fingerprint density at radius 2 is 2.00 bits per heavy atom. The van der Waals surface area contributed by atoms with E-state index in [-0.39, 0.29) is 25.1 Å². The minimum absolute atomic E-state index is 0.0226. The van der Waals surface area contributed by atoms with Crippen LogP contribution in [-0.2, 0) is 11.3 Å². The van der Waals surface area contributed by atoms with Crippen LogP contribution in [0.3, 0.4) is 0 Å². The van der Waals surface area contributed by atoms with Crippen LogP contribution in [0.1, 0.15) is 24.7 Å². The second-order valence-corrected chi connectivity index (χ2v) is 6.55. The molecule has 0 spiro atoms. The minimum atomic E-state index is -0.987. The van der Waals surface area contributed by atoms with Gasteiger partial charge in [-0.3, -0.25) is 14.2 Å². The van der Waals surface area contributed by atoms with Gasteiger partial charge in [-0.05, 0) is 42.8 Å². The summed E-state index contributed by atoms with van der Waals surface area (Å²) in [7, 11) is 0. The highest BCUT2D eigenvalue weighted by Crippen LogP contribution is 2.29. The second-order valence-electron chi connectivity index (χ2n) is 6.55. The summed E-state index contributed by atoms with van der Waals surface area (Å²) >= 11 is 0. The zero-order chi connectivity index (χ0) is 22.2. The molecule has 7 heteroatoms. The smallest absolute Gasteiger partial charge is 0.305 e. The van der Waals surface area contributed by atoms with Crippen molar-refractivity contribution in [3.8, 4) is 23.8 Å². The van der Waals surface area contributed by atoms with Crippen molar-refractivity contribution in [2.75, 3.05) is 13.2 Å². The number of benzene rings is 2. The average Bonchev–Trinajstić information content (AvgIpc) is 2.76. The molecule has 7 nitrogen and oxygen atoms in total. The van der Waals surface area contributed by atoms with Crippen LogP contribution in [0.25, 0.3) is 23.1 Å². The summed E-state index contributed by atoms with van der Waals surface area (Å²) in [4.78, 5) is 28.5. The van der Waals surface area contributed by atoms with Crippen LogP contribution in [-0.4, -0.2) is 33.8 Å². The van der Waals surface area contributed by atoms with E-state index in [1.807, 2.05) is 13.0 Å². The minimum Gasteiger partial charge on any atom is -0.490 e.